The second kappa shape index (κ2) is 9.47. The van der Waals surface area contributed by atoms with Gasteiger partial charge in [-0.2, -0.15) is 0 Å². The number of esters is 2. The molecule has 1 heterocycles. The number of Topliss-reactive ketones (excluding diaryl/α,β-unsaturated/α-hetero) is 1. The third-order valence-corrected chi connectivity index (χ3v) is 5.20. The zero-order valence-corrected chi connectivity index (χ0v) is 16.6. The van der Waals surface area contributed by atoms with Gasteiger partial charge in [0.1, 0.15) is 12.1 Å². The molecule has 29 heavy (non-hydrogen) atoms. The molecule has 2 N–H and O–H groups in total. The van der Waals surface area contributed by atoms with Gasteiger partial charge in [0.2, 0.25) is 0 Å². The summed E-state index contributed by atoms with van der Waals surface area (Å²) < 4.78 is 10.4. The summed E-state index contributed by atoms with van der Waals surface area (Å²) in [5, 5.41) is 1.93. The van der Waals surface area contributed by atoms with Crippen LogP contribution in [0.3, 0.4) is 0 Å². The van der Waals surface area contributed by atoms with Crippen molar-refractivity contribution in [3.63, 3.8) is 0 Å². The topological polar surface area (TPSA) is 86.3 Å². The summed E-state index contributed by atoms with van der Waals surface area (Å²) in [6.07, 6.45) is 0. The maximum absolute atomic E-state index is 13.5. The second-order valence-electron chi connectivity index (χ2n) is 6.93. The van der Waals surface area contributed by atoms with E-state index >= 15 is 0 Å². The van der Waals surface area contributed by atoms with Gasteiger partial charge < -0.3 is 14.8 Å². The average molecular weight is 396 g/mol. The molecule has 6 heteroatoms. The predicted octanol–water partition coefficient (Wildman–Crippen LogP) is 1.97. The van der Waals surface area contributed by atoms with Crippen molar-refractivity contribution in [1.29, 1.82) is 0 Å². The van der Waals surface area contributed by atoms with E-state index < -0.39 is 41.6 Å². The van der Waals surface area contributed by atoms with Crippen LogP contribution in [0.15, 0.2) is 60.7 Å². The van der Waals surface area contributed by atoms with Crippen LogP contribution in [0.5, 0.6) is 0 Å². The van der Waals surface area contributed by atoms with Gasteiger partial charge in [-0.1, -0.05) is 60.7 Å². The Bertz CT molecular complexity index is 783. The van der Waals surface area contributed by atoms with Crippen LogP contribution in [0.1, 0.15) is 37.1 Å². The number of ether oxygens (including phenoxy) is 2. The van der Waals surface area contributed by atoms with Crippen LogP contribution < -0.4 is 5.32 Å². The number of carbonyl (C=O) groups is 3. The molecule has 6 nitrogen and oxygen atoms in total. The molecule has 0 saturated carbocycles. The first-order valence-corrected chi connectivity index (χ1v) is 9.90. The lowest BCUT2D eigenvalue weighted by Crippen LogP contribution is -2.93. The van der Waals surface area contributed by atoms with Gasteiger partial charge >= 0.3 is 11.9 Å². The normalized spacial score (nSPS) is 24.0. The maximum Gasteiger partial charge on any atom is 0.323 e. The standard InChI is InChI=1S/C23H25NO5/c1-3-28-22(26)17-19(15-11-7-5-8-12-15)24-20(16-13-9-6-10-14-16)18(21(17)25)23(27)29-4-2/h5-14,17-20,24H,3-4H2,1-2H3/p+1/t17-,18+,19-,20-/m1/s1. The first kappa shape index (κ1) is 20.7. The minimum absolute atomic E-state index is 0.163. The first-order chi connectivity index (χ1) is 14.1. The lowest BCUT2D eigenvalue weighted by molar-refractivity contribution is -0.745. The fraction of sp³-hybridized carbons (Fsp3) is 0.348. The highest BCUT2D eigenvalue weighted by Gasteiger charge is 2.55. The molecule has 0 amide bonds. The molecule has 0 bridgehead atoms. The Labute approximate surface area is 170 Å². The van der Waals surface area contributed by atoms with Crippen LogP contribution in [-0.2, 0) is 23.9 Å². The predicted molar refractivity (Wildman–Crippen MR) is 106 cm³/mol. The molecule has 0 aliphatic carbocycles. The summed E-state index contributed by atoms with van der Waals surface area (Å²) in [5.41, 5.74) is 1.67. The molecule has 0 spiro atoms. The highest BCUT2D eigenvalue weighted by Crippen LogP contribution is 2.34. The van der Waals surface area contributed by atoms with Gasteiger partial charge in [-0.3, -0.25) is 14.4 Å². The Morgan fingerprint density at radius 3 is 1.48 bits per heavy atom. The monoisotopic (exact) mass is 396 g/mol. The molecule has 152 valence electrons. The van der Waals surface area contributed by atoms with Crippen LogP contribution in [0, 0.1) is 11.8 Å². The zero-order chi connectivity index (χ0) is 20.8. The lowest BCUT2D eigenvalue weighted by atomic mass is 9.74. The van der Waals surface area contributed by atoms with E-state index in [4.69, 9.17) is 9.47 Å². The van der Waals surface area contributed by atoms with Gasteiger partial charge in [-0.05, 0) is 13.8 Å². The summed E-state index contributed by atoms with van der Waals surface area (Å²) in [4.78, 5) is 39.0. The quantitative estimate of drug-likeness (QED) is 0.596. The van der Waals surface area contributed by atoms with Gasteiger partial charge in [0, 0.05) is 11.1 Å². The largest absolute Gasteiger partial charge is 0.465 e. The molecule has 1 fully saturated rings. The molecule has 3 rings (SSSR count). The van der Waals surface area contributed by atoms with Crippen LogP contribution in [-0.4, -0.2) is 30.9 Å². The number of rotatable bonds is 6. The van der Waals surface area contributed by atoms with Crippen molar-refractivity contribution in [2.45, 2.75) is 25.9 Å². The van der Waals surface area contributed by atoms with E-state index in [-0.39, 0.29) is 13.2 Å². The molecule has 0 aromatic heterocycles. The number of piperidine rings is 1. The van der Waals surface area contributed by atoms with Crippen molar-refractivity contribution in [2.24, 2.45) is 11.8 Å². The Hall–Kier alpha value is -2.99. The molecule has 0 radical (unpaired) electrons. The van der Waals surface area contributed by atoms with E-state index in [1.165, 1.54) is 0 Å². The Morgan fingerprint density at radius 2 is 1.14 bits per heavy atom. The highest BCUT2D eigenvalue weighted by molar-refractivity contribution is 6.09. The van der Waals surface area contributed by atoms with Crippen LogP contribution in [0.25, 0.3) is 0 Å². The number of quaternary nitrogens is 1. The molecule has 1 aliphatic rings. The third-order valence-electron chi connectivity index (χ3n) is 5.20. The number of ketones is 1. The number of nitrogens with two attached hydrogens (primary N) is 1. The second-order valence-corrected chi connectivity index (χ2v) is 6.93. The third kappa shape index (κ3) is 4.38. The summed E-state index contributed by atoms with van der Waals surface area (Å²) in [5.74, 6) is -3.82. The Balaban J connectivity index is 2.08. The van der Waals surface area contributed by atoms with Crippen LogP contribution in [0.4, 0.5) is 0 Å². The van der Waals surface area contributed by atoms with Crippen molar-refractivity contribution in [3.8, 4) is 0 Å². The van der Waals surface area contributed by atoms with Crippen molar-refractivity contribution in [3.05, 3.63) is 71.8 Å². The Morgan fingerprint density at radius 1 is 0.759 bits per heavy atom. The number of hydrogen-bond donors (Lipinski definition) is 1. The van der Waals surface area contributed by atoms with Crippen molar-refractivity contribution in [2.75, 3.05) is 13.2 Å². The minimum atomic E-state index is -1.08. The van der Waals surface area contributed by atoms with Crippen molar-refractivity contribution < 1.29 is 29.2 Å². The Kier molecular flexibility index (Phi) is 6.77. The lowest BCUT2D eigenvalue weighted by Gasteiger charge is -2.36. The molecule has 2 aromatic carbocycles. The van der Waals surface area contributed by atoms with E-state index in [9.17, 15) is 14.4 Å². The highest BCUT2D eigenvalue weighted by atomic mass is 16.5. The van der Waals surface area contributed by atoms with E-state index in [1.807, 2.05) is 66.0 Å². The van der Waals surface area contributed by atoms with Gasteiger partial charge in [0.25, 0.3) is 0 Å². The molecular weight excluding hydrogens is 370 g/mol. The van der Waals surface area contributed by atoms with Crippen molar-refractivity contribution >= 4 is 17.7 Å². The van der Waals surface area contributed by atoms with E-state index in [0.29, 0.717) is 0 Å². The summed E-state index contributed by atoms with van der Waals surface area (Å²) >= 11 is 0. The van der Waals surface area contributed by atoms with Crippen LogP contribution in [0.2, 0.25) is 0 Å². The molecular formula is C23H26NO5+. The molecule has 1 aliphatic heterocycles. The fourth-order valence-corrected chi connectivity index (χ4v) is 3.94. The molecule has 2 aromatic rings. The zero-order valence-electron chi connectivity index (χ0n) is 16.6. The minimum Gasteiger partial charge on any atom is -0.465 e. The van der Waals surface area contributed by atoms with E-state index in [2.05, 4.69) is 0 Å². The average Bonchev–Trinajstić information content (AvgIpc) is 2.74. The van der Waals surface area contributed by atoms with Crippen LogP contribution >= 0.6 is 0 Å². The smallest absolute Gasteiger partial charge is 0.323 e. The van der Waals surface area contributed by atoms with Gasteiger partial charge in [0.05, 0.1) is 13.2 Å². The molecule has 1 saturated heterocycles. The van der Waals surface area contributed by atoms with Gasteiger partial charge in [-0.15, -0.1) is 0 Å². The first-order valence-electron chi connectivity index (χ1n) is 9.90. The van der Waals surface area contributed by atoms with Crippen molar-refractivity contribution in [1.82, 2.24) is 0 Å². The summed E-state index contributed by atoms with van der Waals surface area (Å²) in [6.45, 7) is 3.72. The molecule has 4 atom stereocenters. The molecule has 0 unspecified atom stereocenters. The summed E-state index contributed by atoms with van der Waals surface area (Å²) in [6, 6.07) is 17.8. The number of benzene rings is 2. The SMILES string of the molecule is CCOC(=O)[C@@H]1C(=O)[C@H](C(=O)OCC)[C@@H](c2ccccc2)[NH2+][C@@H]1c1ccccc1. The van der Waals surface area contributed by atoms with E-state index in [0.717, 1.165) is 11.1 Å². The van der Waals surface area contributed by atoms with E-state index in [1.54, 1.807) is 13.8 Å². The van der Waals surface area contributed by atoms with Gasteiger partial charge in [-0.25, -0.2) is 0 Å². The fourth-order valence-electron chi connectivity index (χ4n) is 3.94. The maximum atomic E-state index is 13.5. The number of carbonyl (C=O) groups excluding carboxylic acids is 3. The summed E-state index contributed by atoms with van der Waals surface area (Å²) in [7, 11) is 0. The van der Waals surface area contributed by atoms with Gasteiger partial charge in [0.15, 0.2) is 17.6 Å². The number of hydrogen-bond acceptors (Lipinski definition) is 5.